The van der Waals surface area contributed by atoms with Crippen molar-refractivity contribution in [1.29, 1.82) is 0 Å². The van der Waals surface area contributed by atoms with Gasteiger partial charge in [0.1, 0.15) is 0 Å². The van der Waals surface area contributed by atoms with Gasteiger partial charge in [0.15, 0.2) is 0 Å². The van der Waals surface area contributed by atoms with Crippen LogP contribution in [0.1, 0.15) is 37.9 Å². The first kappa shape index (κ1) is 15.9. The van der Waals surface area contributed by atoms with Crippen molar-refractivity contribution in [2.45, 2.75) is 44.7 Å². The van der Waals surface area contributed by atoms with Crippen LogP contribution in [0.3, 0.4) is 0 Å². The summed E-state index contributed by atoms with van der Waals surface area (Å²) >= 11 is 1.50. The monoisotopic (exact) mass is 314 g/mol. The van der Waals surface area contributed by atoms with Crippen LogP contribution in [0.5, 0.6) is 0 Å². The van der Waals surface area contributed by atoms with Gasteiger partial charge in [0.05, 0.1) is 23.7 Å². The van der Waals surface area contributed by atoms with E-state index in [0.717, 1.165) is 5.01 Å². The van der Waals surface area contributed by atoms with E-state index < -0.39 is 11.6 Å². The second kappa shape index (κ2) is 5.36. The van der Waals surface area contributed by atoms with Crippen LogP contribution in [0.15, 0.2) is 5.38 Å². The number of carboxylic acids is 1. The van der Waals surface area contributed by atoms with Crippen molar-refractivity contribution >= 4 is 23.2 Å². The number of likely N-dealkylation sites (tertiary alicyclic amines) is 1. The number of aliphatic carboxylic acids is 1. The second-order valence-electron chi connectivity index (χ2n) is 6.41. The van der Waals surface area contributed by atoms with Crippen LogP contribution in [-0.4, -0.2) is 45.6 Å². The van der Waals surface area contributed by atoms with Gasteiger partial charge in [-0.2, -0.15) is 0 Å². The number of carbonyl (C=O) groups is 2. The number of hydrogen-bond acceptors (Lipinski definition) is 4. The summed E-state index contributed by atoms with van der Waals surface area (Å²) in [5, 5.41) is 11.6. The Bertz CT molecular complexity index is 567. The molecule has 1 aromatic heterocycles. The molecule has 1 aliphatic rings. The van der Waals surface area contributed by atoms with Crippen LogP contribution in [0, 0.1) is 0 Å². The number of rotatable bonds is 3. The third kappa shape index (κ3) is 3.40. The molecule has 116 valence electrons. The van der Waals surface area contributed by atoms with Gasteiger partial charge in [-0.05, 0) is 0 Å². The Kier molecular flexibility index (Phi) is 4.06. The summed E-state index contributed by atoms with van der Waals surface area (Å²) in [7, 11) is 0. The normalized spacial score (nSPS) is 22.6. The Morgan fingerprint density at radius 3 is 2.67 bits per heavy atom. The molecule has 1 unspecified atom stereocenters. The SMILES string of the molecule is CC(C)(C)c1nc(CC(=O)N2CCC(F)(C(=O)O)C2)cs1. The van der Waals surface area contributed by atoms with Gasteiger partial charge in [-0.1, -0.05) is 20.8 Å². The van der Waals surface area contributed by atoms with Crippen molar-refractivity contribution in [1.82, 2.24) is 9.88 Å². The molecule has 1 amide bonds. The van der Waals surface area contributed by atoms with Gasteiger partial charge >= 0.3 is 5.97 Å². The van der Waals surface area contributed by atoms with Crippen LogP contribution in [0.25, 0.3) is 0 Å². The zero-order valence-corrected chi connectivity index (χ0v) is 13.2. The molecule has 0 spiro atoms. The highest BCUT2D eigenvalue weighted by Crippen LogP contribution is 2.28. The third-order valence-corrected chi connectivity index (χ3v) is 4.80. The highest BCUT2D eigenvalue weighted by molar-refractivity contribution is 7.09. The number of halogens is 1. The topological polar surface area (TPSA) is 70.5 Å². The van der Waals surface area contributed by atoms with Crippen LogP contribution >= 0.6 is 11.3 Å². The van der Waals surface area contributed by atoms with E-state index in [2.05, 4.69) is 4.98 Å². The van der Waals surface area contributed by atoms with E-state index in [1.807, 2.05) is 26.2 Å². The first-order valence-electron chi connectivity index (χ1n) is 6.77. The summed E-state index contributed by atoms with van der Waals surface area (Å²) in [4.78, 5) is 28.6. The van der Waals surface area contributed by atoms with Crippen molar-refractivity contribution in [2.75, 3.05) is 13.1 Å². The van der Waals surface area contributed by atoms with Gasteiger partial charge in [-0.25, -0.2) is 14.2 Å². The van der Waals surface area contributed by atoms with Crippen molar-refractivity contribution < 1.29 is 19.1 Å². The number of thiazole rings is 1. The van der Waals surface area contributed by atoms with Crippen LogP contribution in [0.2, 0.25) is 0 Å². The van der Waals surface area contributed by atoms with Gasteiger partial charge in [0.2, 0.25) is 11.6 Å². The van der Waals surface area contributed by atoms with Crippen LogP contribution < -0.4 is 0 Å². The lowest BCUT2D eigenvalue weighted by Crippen LogP contribution is -2.39. The minimum atomic E-state index is -2.31. The minimum absolute atomic E-state index is 0.0724. The molecule has 1 aliphatic heterocycles. The predicted octanol–water partition coefficient (Wildman–Crippen LogP) is 2.01. The molecular weight excluding hydrogens is 295 g/mol. The largest absolute Gasteiger partial charge is 0.479 e. The fourth-order valence-corrected chi connectivity index (χ4v) is 3.07. The van der Waals surface area contributed by atoms with E-state index in [9.17, 15) is 14.0 Å². The molecule has 0 aromatic carbocycles. The van der Waals surface area contributed by atoms with Gasteiger partial charge in [0.25, 0.3) is 0 Å². The highest BCUT2D eigenvalue weighted by Gasteiger charge is 2.46. The molecule has 1 atom stereocenters. The summed E-state index contributed by atoms with van der Waals surface area (Å²) < 4.78 is 13.9. The number of hydrogen-bond donors (Lipinski definition) is 1. The number of carbonyl (C=O) groups excluding carboxylic acids is 1. The van der Waals surface area contributed by atoms with Crippen LogP contribution in [0.4, 0.5) is 4.39 Å². The maximum Gasteiger partial charge on any atom is 0.343 e. The first-order chi connectivity index (χ1) is 9.62. The van der Waals surface area contributed by atoms with E-state index in [1.165, 1.54) is 16.2 Å². The average Bonchev–Trinajstić information content (AvgIpc) is 2.96. The molecule has 1 saturated heterocycles. The zero-order chi connectivity index (χ0) is 15.8. The molecule has 21 heavy (non-hydrogen) atoms. The smallest absolute Gasteiger partial charge is 0.343 e. The number of amides is 1. The lowest BCUT2D eigenvalue weighted by atomic mass is 9.98. The van der Waals surface area contributed by atoms with Crippen molar-refractivity contribution in [3.63, 3.8) is 0 Å². The summed E-state index contributed by atoms with van der Waals surface area (Å²) in [5.74, 6) is -1.77. The molecule has 0 bridgehead atoms. The lowest BCUT2D eigenvalue weighted by molar-refractivity contribution is -0.150. The molecule has 0 radical (unpaired) electrons. The molecule has 7 heteroatoms. The first-order valence-corrected chi connectivity index (χ1v) is 7.65. The maximum absolute atomic E-state index is 13.9. The molecule has 1 fully saturated rings. The van der Waals surface area contributed by atoms with E-state index in [-0.39, 0.29) is 37.3 Å². The van der Waals surface area contributed by atoms with E-state index in [0.29, 0.717) is 5.69 Å². The fourth-order valence-electron chi connectivity index (χ4n) is 2.16. The number of alkyl halides is 1. The number of nitrogens with zero attached hydrogens (tertiary/aromatic N) is 2. The average molecular weight is 314 g/mol. The summed E-state index contributed by atoms with van der Waals surface area (Å²) in [6.45, 7) is 5.89. The van der Waals surface area contributed by atoms with Gasteiger partial charge in [-0.3, -0.25) is 4.79 Å². The Morgan fingerprint density at radius 1 is 1.52 bits per heavy atom. The number of aromatic nitrogens is 1. The quantitative estimate of drug-likeness (QED) is 0.926. The standard InChI is InChI=1S/C14H19FN2O3S/c1-13(2,3)11-16-9(7-21-11)6-10(18)17-5-4-14(15,8-17)12(19)20/h7H,4-6,8H2,1-3H3,(H,19,20). The summed E-state index contributed by atoms with van der Waals surface area (Å²) in [6, 6.07) is 0. The van der Waals surface area contributed by atoms with Crippen LogP contribution in [-0.2, 0) is 21.4 Å². The predicted molar refractivity (Wildman–Crippen MR) is 77.2 cm³/mol. The van der Waals surface area contributed by atoms with Gasteiger partial charge < -0.3 is 10.0 Å². The third-order valence-electron chi connectivity index (χ3n) is 3.48. The lowest BCUT2D eigenvalue weighted by Gasteiger charge is -2.17. The fraction of sp³-hybridized carbons (Fsp3) is 0.643. The zero-order valence-electron chi connectivity index (χ0n) is 12.4. The number of carboxylic acid groups (broad SMARTS) is 1. The molecule has 2 rings (SSSR count). The Morgan fingerprint density at radius 2 is 2.19 bits per heavy atom. The Labute approximate surface area is 126 Å². The second-order valence-corrected chi connectivity index (χ2v) is 7.26. The Hall–Kier alpha value is -1.50. The molecule has 1 aromatic rings. The maximum atomic E-state index is 13.9. The molecular formula is C14H19FN2O3S. The Balaban J connectivity index is 2.00. The van der Waals surface area contributed by atoms with Crippen molar-refractivity contribution in [3.05, 3.63) is 16.1 Å². The minimum Gasteiger partial charge on any atom is -0.479 e. The van der Waals surface area contributed by atoms with Crippen molar-refractivity contribution in [3.8, 4) is 0 Å². The van der Waals surface area contributed by atoms with Crippen molar-refractivity contribution in [2.24, 2.45) is 0 Å². The van der Waals surface area contributed by atoms with E-state index in [1.54, 1.807) is 0 Å². The molecule has 2 heterocycles. The molecule has 0 aliphatic carbocycles. The van der Waals surface area contributed by atoms with E-state index >= 15 is 0 Å². The van der Waals surface area contributed by atoms with Gasteiger partial charge in [0, 0.05) is 23.8 Å². The molecule has 5 nitrogen and oxygen atoms in total. The van der Waals surface area contributed by atoms with E-state index in [4.69, 9.17) is 5.11 Å². The van der Waals surface area contributed by atoms with Gasteiger partial charge in [-0.15, -0.1) is 11.3 Å². The summed E-state index contributed by atoms with van der Waals surface area (Å²) in [5.41, 5.74) is -1.73. The molecule has 1 N–H and O–H groups in total. The highest BCUT2D eigenvalue weighted by atomic mass is 32.1. The summed E-state index contributed by atoms with van der Waals surface area (Å²) in [6.07, 6.45) is -0.0688. The molecule has 0 saturated carbocycles.